The molecule has 1 aromatic heterocycles. The van der Waals surface area contributed by atoms with Crippen molar-refractivity contribution in [1.82, 2.24) is 4.98 Å². The van der Waals surface area contributed by atoms with Crippen molar-refractivity contribution in [2.45, 2.75) is 6.92 Å². The Labute approximate surface area is 123 Å². The number of rotatable bonds is 4. The molecule has 0 bridgehead atoms. The second-order valence-electron chi connectivity index (χ2n) is 4.69. The molecule has 0 saturated heterocycles. The summed E-state index contributed by atoms with van der Waals surface area (Å²) in [5.41, 5.74) is 9.52. The Balaban J connectivity index is 1.93. The second kappa shape index (κ2) is 5.71. The number of anilines is 3. The number of nitrogens with zero attached hydrogens (tertiary/aromatic N) is 1. The molecule has 4 heteroatoms. The highest BCUT2D eigenvalue weighted by molar-refractivity contribution is 5.85. The molecular weight excluding hydrogens is 262 g/mol. The molecule has 0 aliphatic carbocycles. The van der Waals surface area contributed by atoms with Crippen LogP contribution in [-0.4, -0.2) is 11.6 Å². The molecule has 3 aromatic rings. The van der Waals surface area contributed by atoms with E-state index in [1.54, 1.807) is 6.20 Å². The van der Waals surface area contributed by atoms with Gasteiger partial charge in [-0.05, 0) is 43.3 Å². The number of benzene rings is 2. The summed E-state index contributed by atoms with van der Waals surface area (Å²) >= 11 is 0. The van der Waals surface area contributed by atoms with Crippen molar-refractivity contribution in [1.29, 1.82) is 0 Å². The van der Waals surface area contributed by atoms with Crippen LogP contribution in [0.15, 0.2) is 54.7 Å². The van der Waals surface area contributed by atoms with Crippen LogP contribution >= 0.6 is 0 Å². The Morgan fingerprint density at radius 2 is 2.05 bits per heavy atom. The van der Waals surface area contributed by atoms with Gasteiger partial charge in [-0.3, -0.25) is 4.98 Å². The van der Waals surface area contributed by atoms with Crippen molar-refractivity contribution in [3.63, 3.8) is 0 Å². The summed E-state index contributed by atoms with van der Waals surface area (Å²) in [6, 6.07) is 15.7. The molecule has 3 N–H and O–H groups in total. The lowest BCUT2D eigenvalue weighted by atomic mass is 10.2. The number of para-hydroxylation sites is 1. The Morgan fingerprint density at radius 1 is 1.14 bits per heavy atom. The number of nitrogens with two attached hydrogens (primary N) is 1. The van der Waals surface area contributed by atoms with Crippen LogP contribution in [0.25, 0.3) is 10.9 Å². The fraction of sp³-hybridized carbons (Fsp3) is 0.118. The molecule has 0 fully saturated rings. The smallest absolute Gasteiger partial charge is 0.144 e. The van der Waals surface area contributed by atoms with Gasteiger partial charge < -0.3 is 15.8 Å². The highest BCUT2D eigenvalue weighted by Crippen LogP contribution is 2.32. The molecule has 0 radical (unpaired) electrons. The van der Waals surface area contributed by atoms with E-state index in [1.165, 1.54) is 0 Å². The van der Waals surface area contributed by atoms with Gasteiger partial charge in [0.05, 0.1) is 23.5 Å². The van der Waals surface area contributed by atoms with Crippen LogP contribution in [0.3, 0.4) is 0 Å². The quantitative estimate of drug-likeness (QED) is 0.710. The number of nitrogens with one attached hydrogen (secondary N) is 1. The number of fused-ring (bicyclic) bond motifs is 1. The van der Waals surface area contributed by atoms with Crippen LogP contribution in [-0.2, 0) is 0 Å². The maximum absolute atomic E-state index is 6.13. The zero-order valence-corrected chi connectivity index (χ0v) is 11.8. The molecule has 0 aliphatic heterocycles. The van der Waals surface area contributed by atoms with Gasteiger partial charge in [-0.15, -0.1) is 0 Å². The number of nitrogen functional groups attached to an aromatic ring is 1. The van der Waals surface area contributed by atoms with Gasteiger partial charge in [0.2, 0.25) is 0 Å². The van der Waals surface area contributed by atoms with Gasteiger partial charge in [0.15, 0.2) is 0 Å². The largest absolute Gasteiger partial charge is 0.492 e. The van der Waals surface area contributed by atoms with Crippen molar-refractivity contribution in [3.8, 4) is 5.75 Å². The lowest BCUT2D eigenvalue weighted by Crippen LogP contribution is -2.01. The van der Waals surface area contributed by atoms with E-state index >= 15 is 0 Å². The highest BCUT2D eigenvalue weighted by Gasteiger charge is 2.06. The first-order valence-corrected chi connectivity index (χ1v) is 6.91. The topological polar surface area (TPSA) is 60.2 Å². The minimum absolute atomic E-state index is 0.593. The zero-order valence-electron chi connectivity index (χ0n) is 11.8. The van der Waals surface area contributed by atoms with Crippen molar-refractivity contribution in [2.75, 3.05) is 17.7 Å². The number of pyridine rings is 1. The minimum Gasteiger partial charge on any atom is -0.492 e. The lowest BCUT2D eigenvalue weighted by Gasteiger charge is -2.13. The van der Waals surface area contributed by atoms with E-state index in [1.807, 2.05) is 49.4 Å². The molecule has 1 heterocycles. The molecule has 3 rings (SSSR count). The SMILES string of the molecule is CCOc1cccc(Nc2ccc3ncccc3c2)c1N. The van der Waals surface area contributed by atoms with Gasteiger partial charge in [-0.2, -0.15) is 0 Å². The van der Waals surface area contributed by atoms with Crippen LogP contribution in [0.5, 0.6) is 5.75 Å². The van der Waals surface area contributed by atoms with Crippen molar-refractivity contribution < 1.29 is 4.74 Å². The first-order valence-electron chi connectivity index (χ1n) is 6.91. The number of hydrogen-bond donors (Lipinski definition) is 2. The summed E-state index contributed by atoms with van der Waals surface area (Å²) in [6.07, 6.45) is 1.79. The van der Waals surface area contributed by atoms with E-state index in [0.717, 1.165) is 22.3 Å². The van der Waals surface area contributed by atoms with Crippen LogP contribution in [0, 0.1) is 0 Å². The van der Waals surface area contributed by atoms with Crippen LogP contribution in [0.4, 0.5) is 17.1 Å². The molecule has 0 saturated carbocycles. The summed E-state index contributed by atoms with van der Waals surface area (Å²) in [4.78, 5) is 4.31. The number of aromatic nitrogens is 1. The highest BCUT2D eigenvalue weighted by atomic mass is 16.5. The summed E-state index contributed by atoms with van der Waals surface area (Å²) in [5, 5.41) is 4.42. The molecule has 0 atom stereocenters. The predicted molar refractivity (Wildman–Crippen MR) is 87.0 cm³/mol. The first-order chi connectivity index (χ1) is 10.3. The standard InChI is InChI=1S/C17H17N3O/c1-2-21-16-7-3-6-15(17(16)18)20-13-8-9-14-12(11-13)5-4-10-19-14/h3-11,20H,2,18H2,1H3. The third kappa shape index (κ3) is 2.74. The van der Waals surface area contributed by atoms with Gasteiger partial charge in [0, 0.05) is 17.3 Å². The third-order valence-corrected chi connectivity index (χ3v) is 3.25. The Morgan fingerprint density at radius 3 is 2.90 bits per heavy atom. The van der Waals surface area contributed by atoms with E-state index in [-0.39, 0.29) is 0 Å². The van der Waals surface area contributed by atoms with Crippen LogP contribution in [0.2, 0.25) is 0 Å². The number of ether oxygens (including phenoxy) is 1. The molecule has 0 spiro atoms. The van der Waals surface area contributed by atoms with E-state index in [4.69, 9.17) is 10.5 Å². The monoisotopic (exact) mass is 279 g/mol. The summed E-state index contributed by atoms with van der Waals surface area (Å²) in [5.74, 6) is 0.699. The molecule has 0 amide bonds. The molecule has 2 aromatic carbocycles. The fourth-order valence-electron chi connectivity index (χ4n) is 2.24. The van der Waals surface area contributed by atoms with Gasteiger partial charge in [0.25, 0.3) is 0 Å². The number of hydrogen-bond acceptors (Lipinski definition) is 4. The van der Waals surface area contributed by atoms with E-state index in [9.17, 15) is 0 Å². The molecule has 0 aliphatic rings. The molecular formula is C17H17N3O. The van der Waals surface area contributed by atoms with Gasteiger partial charge in [0.1, 0.15) is 5.75 Å². The average molecular weight is 279 g/mol. The Bertz CT molecular complexity index is 771. The molecule has 0 unspecified atom stereocenters. The minimum atomic E-state index is 0.593. The van der Waals surface area contributed by atoms with E-state index in [0.29, 0.717) is 18.0 Å². The van der Waals surface area contributed by atoms with E-state index in [2.05, 4.69) is 16.4 Å². The summed E-state index contributed by atoms with van der Waals surface area (Å²) in [7, 11) is 0. The van der Waals surface area contributed by atoms with Gasteiger partial charge in [-0.1, -0.05) is 12.1 Å². The maximum Gasteiger partial charge on any atom is 0.144 e. The molecule has 4 nitrogen and oxygen atoms in total. The van der Waals surface area contributed by atoms with Crippen molar-refractivity contribution in [2.24, 2.45) is 0 Å². The maximum atomic E-state index is 6.13. The molecule has 106 valence electrons. The third-order valence-electron chi connectivity index (χ3n) is 3.25. The average Bonchev–Trinajstić information content (AvgIpc) is 2.51. The van der Waals surface area contributed by atoms with Gasteiger partial charge >= 0.3 is 0 Å². The van der Waals surface area contributed by atoms with Gasteiger partial charge in [-0.25, -0.2) is 0 Å². The predicted octanol–water partition coefficient (Wildman–Crippen LogP) is 3.96. The Kier molecular flexibility index (Phi) is 3.60. The normalized spacial score (nSPS) is 10.5. The van der Waals surface area contributed by atoms with Crippen molar-refractivity contribution in [3.05, 3.63) is 54.7 Å². The van der Waals surface area contributed by atoms with E-state index < -0.39 is 0 Å². The van der Waals surface area contributed by atoms with Crippen molar-refractivity contribution >= 4 is 28.0 Å². The fourth-order valence-corrected chi connectivity index (χ4v) is 2.24. The summed E-state index contributed by atoms with van der Waals surface area (Å²) in [6.45, 7) is 2.53. The Hall–Kier alpha value is -2.75. The first kappa shape index (κ1) is 13.2. The van der Waals surface area contributed by atoms with Crippen LogP contribution < -0.4 is 15.8 Å². The molecule has 21 heavy (non-hydrogen) atoms. The lowest BCUT2D eigenvalue weighted by molar-refractivity contribution is 0.342. The second-order valence-corrected chi connectivity index (χ2v) is 4.69. The van der Waals surface area contributed by atoms with Crippen LogP contribution in [0.1, 0.15) is 6.92 Å². The summed E-state index contributed by atoms with van der Waals surface area (Å²) < 4.78 is 5.51. The zero-order chi connectivity index (χ0) is 14.7.